The average molecular weight is 468 g/mol. The van der Waals surface area contributed by atoms with Crippen LogP contribution in [-0.2, 0) is 25.4 Å². The Labute approximate surface area is 192 Å². The number of alkyl carbamates (subject to hydrolysis) is 1. The summed E-state index contributed by atoms with van der Waals surface area (Å²) in [5.41, 5.74) is -0.480. The number of carbonyl (C=O) groups is 3. The van der Waals surface area contributed by atoms with Crippen LogP contribution in [0.2, 0.25) is 5.15 Å². The van der Waals surface area contributed by atoms with Gasteiger partial charge in [0.1, 0.15) is 22.4 Å². The number of ether oxygens (including phenoxy) is 3. The van der Waals surface area contributed by atoms with Crippen molar-refractivity contribution in [1.82, 2.24) is 14.9 Å². The van der Waals surface area contributed by atoms with E-state index in [1.54, 1.807) is 54.5 Å². The quantitative estimate of drug-likeness (QED) is 0.392. The second-order valence-corrected chi connectivity index (χ2v) is 9.51. The van der Waals surface area contributed by atoms with Crippen LogP contribution in [0.5, 0.6) is 0 Å². The summed E-state index contributed by atoms with van der Waals surface area (Å²) < 4.78 is 17.2. The van der Waals surface area contributed by atoms with E-state index < -0.39 is 35.4 Å². The molecule has 10 heteroatoms. The van der Waals surface area contributed by atoms with E-state index in [1.165, 1.54) is 17.0 Å². The molecule has 2 heterocycles. The van der Waals surface area contributed by atoms with Gasteiger partial charge in [0.25, 0.3) is 0 Å². The van der Waals surface area contributed by atoms with E-state index in [4.69, 9.17) is 25.8 Å². The first kappa shape index (κ1) is 25.5. The Morgan fingerprint density at radius 3 is 2.31 bits per heavy atom. The Morgan fingerprint density at radius 1 is 1.12 bits per heavy atom. The molecule has 0 aliphatic rings. The second kappa shape index (κ2) is 9.77. The fourth-order valence-electron chi connectivity index (χ4n) is 2.94. The molecular weight excluding hydrogens is 438 g/mol. The Balaban J connectivity index is 2.45. The Morgan fingerprint density at radius 2 is 1.75 bits per heavy atom. The van der Waals surface area contributed by atoms with Gasteiger partial charge in [0.05, 0.1) is 12.1 Å². The van der Waals surface area contributed by atoms with Crippen molar-refractivity contribution in [2.24, 2.45) is 0 Å². The van der Waals surface area contributed by atoms with Gasteiger partial charge in [0.2, 0.25) is 0 Å². The van der Waals surface area contributed by atoms with E-state index in [-0.39, 0.29) is 18.2 Å². The van der Waals surface area contributed by atoms with Gasteiger partial charge in [-0.05, 0) is 60.1 Å². The molecular formula is C22H30ClN3O6. The molecule has 0 saturated heterocycles. The summed E-state index contributed by atoms with van der Waals surface area (Å²) >= 11 is 6.33. The van der Waals surface area contributed by atoms with E-state index in [9.17, 15) is 14.4 Å². The molecule has 2 aromatic heterocycles. The second-order valence-electron chi connectivity index (χ2n) is 9.16. The third kappa shape index (κ3) is 6.85. The predicted octanol–water partition coefficient (Wildman–Crippen LogP) is 4.47. The number of fused-ring (bicyclic) bond motifs is 1. The van der Waals surface area contributed by atoms with Crippen LogP contribution in [0, 0.1) is 0 Å². The highest BCUT2D eigenvalue weighted by Gasteiger charge is 2.29. The predicted molar refractivity (Wildman–Crippen MR) is 120 cm³/mol. The molecule has 0 aromatic carbocycles. The average Bonchev–Trinajstić information content (AvgIpc) is 2.98. The summed E-state index contributed by atoms with van der Waals surface area (Å²) in [5, 5.41) is 3.17. The lowest BCUT2D eigenvalue weighted by atomic mass is 10.1. The lowest BCUT2D eigenvalue weighted by molar-refractivity contribution is -0.145. The largest absolute Gasteiger partial charge is 0.464 e. The van der Waals surface area contributed by atoms with Crippen LogP contribution < -0.4 is 5.32 Å². The first-order chi connectivity index (χ1) is 14.7. The van der Waals surface area contributed by atoms with Gasteiger partial charge in [-0.2, -0.15) is 0 Å². The van der Waals surface area contributed by atoms with Crippen molar-refractivity contribution >= 4 is 40.7 Å². The smallest absolute Gasteiger partial charge is 0.419 e. The zero-order valence-corrected chi connectivity index (χ0v) is 20.2. The minimum atomic E-state index is -1.07. The molecule has 0 saturated carbocycles. The number of hydrogen-bond acceptors (Lipinski definition) is 7. The molecule has 9 nitrogen and oxygen atoms in total. The Hall–Kier alpha value is -2.81. The van der Waals surface area contributed by atoms with Crippen molar-refractivity contribution < 1.29 is 28.6 Å². The molecule has 1 N–H and O–H groups in total. The van der Waals surface area contributed by atoms with Crippen molar-refractivity contribution in [3.63, 3.8) is 0 Å². The molecule has 176 valence electrons. The minimum absolute atomic E-state index is 0.00418. The molecule has 0 radical (unpaired) electrons. The van der Waals surface area contributed by atoms with Gasteiger partial charge in [0, 0.05) is 24.2 Å². The lowest BCUT2D eigenvalue weighted by Crippen LogP contribution is -2.45. The molecule has 0 bridgehead atoms. The van der Waals surface area contributed by atoms with Crippen LogP contribution in [0.1, 0.15) is 54.0 Å². The highest BCUT2D eigenvalue weighted by atomic mass is 35.5. The van der Waals surface area contributed by atoms with Crippen LogP contribution in [0.4, 0.5) is 9.59 Å². The van der Waals surface area contributed by atoms with Gasteiger partial charge in [-0.1, -0.05) is 11.6 Å². The monoisotopic (exact) mass is 467 g/mol. The summed E-state index contributed by atoms with van der Waals surface area (Å²) in [4.78, 5) is 41.7. The lowest BCUT2D eigenvalue weighted by Gasteiger charge is -2.22. The third-order valence-electron chi connectivity index (χ3n) is 4.02. The fourth-order valence-corrected chi connectivity index (χ4v) is 3.21. The molecule has 0 aliphatic carbocycles. The van der Waals surface area contributed by atoms with Gasteiger partial charge < -0.3 is 19.5 Å². The molecule has 1 amide bonds. The van der Waals surface area contributed by atoms with E-state index in [0.717, 1.165) is 0 Å². The number of nitrogens with one attached hydrogen (secondary N) is 1. The fraction of sp³-hybridized carbons (Fsp3) is 0.545. The molecule has 0 aliphatic heterocycles. The number of nitrogens with zero attached hydrogens (tertiary/aromatic N) is 2. The van der Waals surface area contributed by atoms with Crippen molar-refractivity contribution in [1.29, 1.82) is 0 Å². The summed E-state index contributed by atoms with van der Waals surface area (Å²) in [7, 11) is 0. The summed E-state index contributed by atoms with van der Waals surface area (Å²) in [6.45, 7) is 12.2. The number of halogens is 1. The molecule has 32 heavy (non-hydrogen) atoms. The van der Waals surface area contributed by atoms with Gasteiger partial charge in [0.15, 0.2) is 0 Å². The highest BCUT2D eigenvalue weighted by molar-refractivity contribution is 6.34. The number of rotatable bonds is 5. The van der Waals surface area contributed by atoms with Crippen molar-refractivity contribution in [3.8, 4) is 0 Å². The van der Waals surface area contributed by atoms with Crippen LogP contribution >= 0.6 is 11.6 Å². The maximum Gasteiger partial charge on any atom is 0.419 e. The number of pyridine rings is 1. The number of hydrogen-bond donors (Lipinski definition) is 1. The van der Waals surface area contributed by atoms with Gasteiger partial charge in [-0.3, -0.25) is 4.57 Å². The number of carbonyl (C=O) groups excluding carboxylic acids is 3. The first-order valence-corrected chi connectivity index (χ1v) is 10.6. The third-order valence-corrected chi connectivity index (χ3v) is 4.31. The molecule has 1 unspecified atom stereocenters. The normalized spacial score (nSPS) is 12.9. The SMILES string of the molecule is CCOC(=O)C(Cc1cn(C(=O)OC(C)(C)C)c2ccnc(Cl)c12)NC(=O)OC(C)(C)C. The van der Waals surface area contributed by atoms with Gasteiger partial charge in [-0.25, -0.2) is 19.4 Å². The zero-order valence-electron chi connectivity index (χ0n) is 19.4. The highest BCUT2D eigenvalue weighted by Crippen LogP contribution is 2.29. The van der Waals surface area contributed by atoms with Crippen LogP contribution in [0.25, 0.3) is 10.9 Å². The summed E-state index contributed by atoms with van der Waals surface area (Å²) in [5.74, 6) is -0.642. The van der Waals surface area contributed by atoms with Crippen LogP contribution in [0.3, 0.4) is 0 Å². The van der Waals surface area contributed by atoms with Crippen molar-refractivity contribution in [3.05, 3.63) is 29.2 Å². The van der Waals surface area contributed by atoms with E-state index in [0.29, 0.717) is 16.5 Å². The number of aromatic nitrogens is 2. The van der Waals surface area contributed by atoms with Gasteiger partial charge in [-0.15, -0.1) is 0 Å². The topological polar surface area (TPSA) is 109 Å². The number of amides is 1. The van der Waals surface area contributed by atoms with E-state index in [1.807, 2.05) is 0 Å². The summed E-state index contributed by atoms with van der Waals surface area (Å²) in [6, 6.07) is 0.550. The molecule has 0 spiro atoms. The molecule has 2 rings (SSSR count). The molecule has 2 aromatic rings. The zero-order chi connectivity index (χ0) is 24.3. The van der Waals surface area contributed by atoms with Crippen LogP contribution in [-0.4, -0.2) is 51.6 Å². The molecule has 1 atom stereocenters. The Bertz CT molecular complexity index is 1000. The van der Waals surface area contributed by atoms with Gasteiger partial charge >= 0.3 is 18.2 Å². The van der Waals surface area contributed by atoms with Crippen LogP contribution in [0.15, 0.2) is 18.5 Å². The maximum atomic E-state index is 12.8. The Kier molecular flexibility index (Phi) is 7.77. The first-order valence-electron chi connectivity index (χ1n) is 10.3. The standard InChI is InChI=1S/C22H30ClN3O6/c1-8-30-18(27)14(25-19(28)31-21(2,3)4)11-13-12-26(20(29)32-22(5,6)7)15-9-10-24-17(23)16(13)15/h9-10,12,14H,8,11H2,1-7H3,(H,25,28). The van der Waals surface area contributed by atoms with Crippen molar-refractivity contribution in [2.75, 3.05) is 6.61 Å². The van der Waals surface area contributed by atoms with E-state index in [2.05, 4.69) is 10.3 Å². The van der Waals surface area contributed by atoms with Crippen molar-refractivity contribution in [2.45, 2.75) is 72.1 Å². The number of esters is 1. The van der Waals surface area contributed by atoms with E-state index >= 15 is 0 Å². The maximum absolute atomic E-state index is 12.8. The summed E-state index contributed by atoms with van der Waals surface area (Å²) in [6.07, 6.45) is 1.61. The molecule has 0 fully saturated rings. The minimum Gasteiger partial charge on any atom is -0.464 e.